The Labute approximate surface area is 238 Å². The molecule has 210 valence electrons. The summed E-state index contributed by atoms with van der Waals surface area (Å²) < 4.78 is 79.8. The van der Waals surface area contributed by atoms with Crippen LogP contribution >= 0.6 is 11.6 Å². The maximum absolute atomic E-state index is 14.2. The van der Waals surface area contributed by atoms with E-state index in [1.54, 1.807) is 12.1 Å². The number of ether oxygens (including phenoxy) is 1. The van der Waals surface area contributed by atoms with E-state index in [0.29, 0.717) is 27.7 Å². The Kier molecular flexibility index (Phi) is 6.00. The van der Waals surface area contributed by atoms with Gasteiger partial charge in [-0.1, -0.05) is 23.7 Å². The van der Waals surface area contributed by atoms with Crippen LogP contribution in [0, 0.1) is 5.41 Å². The molecule has 3 aromatic rings. The highest BCUT2D eigenvalue weighted by atomic mass is 35.5. The molecule has 1 aromatic heterocycles. The zero-order valence-corrected chi connectivity index (χ0v) is 21.8. The lowest BCUT2D eigenvalue weighted by molar-refractivity contribution is -0.156. The van der Waals surface area contributed by atoms with Gasteiger partial charge < -0.3 is 14.9 Å². The van der Waals surface area contributed by atoms with Crippen molar-refractivity contribution in [2.75, 3.05) is 18.0 Å². The lowest BCUT2D eigenvalue weighted by Gasteiger charge is -2.40. The molecule has 2 N–H and O–H groups in total. The molecule has 7 nitrogen and oxygen atoms in total. The van der Waals surface area contributed by atoms with Crippen LogP contribution in [0.4, 0.5) is 18.9 Å². The van der Waals surface area contributed by atoms with Crippen molar-refractivity contribution in [2.45, 2.75) is 44.2 Å². The molecule has 11 heteroatoms. The maximum atomic E-state index is 14.2. The highest BCUT2D eigenvalue weighted by molar-refractivity contribution is 6.30. The van der Waals surface area contributed by atoms with Gasteiger partial charge in [-0.3, -0.25) is 19.5 Å². The Morgan fingerprint density at radius 3 is 2.45 bits per heavy atom. The molecule has 2 aromatic carbocycles. The quantitative estimate of drug-likeness (QED) is 0.375. The Morgan fingerprint density at radius 2 is 1.90 bits per heavy atom. The van der Waals surface area contributed by atoms with Crippen molar-refractivity contribution in [3.8, 4) is 0 Å². The number of Topliss-reactive ketones (excluding diaryl/α,β-unsaturated/α-hetero) is 1. The van der Waals surface area contributed by atoms with E-state index in [0.717, 1.165) is 19.1 Å². The van der Waals surface area contributed by atoms with Crippen molar-refractivity contribution in [1.29, 1.82) is 0 Å². The molecule has 1 unspecified atom stereocenters. The average Bonchev–Trinajstić information content (AvgIpc) is 3.73. The number of hydrogen-bond donors (Lipinski definition) is 2. The van der Waals surface area contributed by atoms with E-state index in [1.807, 2.05) is 0 Å². The van der Waals surface area contributed by atoms with Crippen LogP contribution in [0.15, 0.2) is 60.8 Å². The molecular formula is C29H26ClF3N2O5. The summed E-state index contributed by atoms with van der Waals surface area (Å²) in [5.74, 6) is -2.20. The number of nitrogens with zero attached hydrogens (tertiary/aromatic N) is 2. The number of anilines is 1. The third kappa shape index (κ3) is 4.89. The van der Waals surface area contributed by atoms with E-state index in [4.69, 9.17) is 21.8 Å². The highest BCUT2D eigenvalue weighted by Gasteiger charge is 2.60. The number of aliphatic hydroxyl groups is 2. The molecule has 1 aliphatic heterocycles. The fourth-order valence-electron chi connectivity index (χ4n) is 4.70. The van der Waals surface area contributed by atoms with Gasteiger partial charge in [0.05, 0.1) is 29.2 Å². The monoisotopic (exact) mass is 578 g/mol. The SMILES string of the molecule is [2H]C([2H])(O)C1(C([2H])([2H])O[C@@]2(C(=O)C(C)O)c3c(Cc4ccc(Cl)cn4)cccc3C(=O)N2c2ccc(C(F)(F)F)cc2)CC1. The molecule has 0 radical (unpaired) electrons. The van der Waals surface area contributed by atoms with Crippen LogP contribution in [0.1, 0.15) is 58.0 Å². The summed E-state index contributed by atoms with van der Waals surface area (Å²) >= 11 is 5.96. The van der Waals surface area contributed by atoms with E-state index in [9.17, 15) is 33.0 Å². The number of aromatic nitrogens is 1. The number of halogens is 4. The molecule has 1 fully saturated rings. The minimum atomic E-state index is -4.74. The largest absolute Gasteiger partial charge is 0.416 e. The van der Waals surface area contributed by atoms with Gasteiger partial charge >= 0.3 is 6.18 Å². The minimum Gasteiger partial charge on any atom is -0.396 e. The number of aliphatic hydroxyl groups excluding tert-OH is 1. The summed E-state index contributed by atoms with van der Waals surface area (Å²) in [7, 11) is 0. The Balaban J connectivity index is 1.79. The van der Waals surface area contributed by atoms with Crippen LogP contribution in [-0.2, 0) is 27.9 Å². The summed E-state index contributed by atoms with van der Waals surface area (Å²) in [5, 5.41) is 21.3. The number of alkyl halides is 3. The molecule has 5 rings (SSSR count). The third-order valence-electron chi connectivity index (χ3n) is 6.92. The van der Waals surface area contributed by atoms with Gasteiger partial charge in [-0.15, -0.1) is 0 Å². The van der Waals surface area contributed by atoms with E-state index in [2.05, 4.69) is 4.98 Å². The Bertz CT molecular complexity index is 1610. The van der Waals surface area contributed by atoms with E-state index in [1.165, 1.54) is 24.4 Å². The lowest BCUT2D eigenvalue weighted by Crippen LogP contribution is -2.56. The van der Waals surface area contributed by atoms with Crippen LogP contribution in [0.5, 0.6) is 0 Å². The van der Waals surface area contributed by atoms with E-state index in [-0.39, 0.29) is 41.6 Å². The lowest BCUT2D eigenvalue weighted by atomic mass is 9.88. The normalized spacial score (nSPS) is 22.6. The van der Waals surface area contributed by atoms with E-state index >= 15 is 0 Å². The zero-order valence-electron chi connectivity index (χ0n) is 25.0. The molecule has 2 atom stereocenters. The van der Waals surface area contributed by atoms with E-state index < -0.39 is 53.8 Å². The standard InChI is InChI=1S/C29H26ClF3N2O5/c1-17(37)25(38)28(40-16-27(15-36)11-12-27)24-18(13-21-8-7-20(30)14-34-21)3-2-4-23(24)26(39)35(28)22-9-5-19(6-10-22)29(31,32)33/h2-10,14,17,36-37H,11-13,15-16H2,1H3/t17?,28-/m1/s1/i15D2,16D2. The minimum absolute atomic E-state index is 0.0539. The average molecular weight is 579 g/mol. The number of rotatable bonds is 9. The summed E-state index contributed by atoms with van der Waals surface area (Å²) in [6.07, 6.45) is -5.73. The number of carbonyl (C=O) groups is 2. The summed E-state index contributed by atoms with van der Waals surface area (Å²) in [4.78, 5) is 33.3. The van der Waals surface area contributed by atoms with Gasteiger partial charge in [-0.25, -0.2) is 0 Å². The highest BCUT2D eigenvalue weighted by Crippen LogP contribution is 2.51. The van der Waals surface area contributed by atoms with Gasteiger partial charge in [0.25, 0.3) is 5.91 Å². The summed E-state index contributed by atoms with van der Waals surface area (Å²) in [6.45, 7) is -5.24. The number of fused-ring (bicyclic) bond motifs is 1. The first-order valence-corrected chi connectivity index (χ1v) is 12.6. The smallest absolute Gasteiger partial charge is 0.396 e. The second-order valence-electron chi connectivity index (χ2n) is 9.75. The van der Waals surface area contributed by atoms with Crippen LogP contribution in [0.3, 0.4) is 0 Å². The Morgan fingerprint density at radius 1 is 1.20 bits per heavy atom. The topological polar surface area (TPSA) is 100.0 Å². The van der Waals surface area contributed by atoms with Gasteiger partial charge in [0.2, 0.25) is 11.5 Å². The number of carbonyl (C=O) groups excluding carboxylic acids is 2. The fraction of sp³-hybridized carbons (Fsp3) is 0.345. The fourth-order valence-corrected chi connectivity index (χ4v) is 4.81. The van der Waals surface area contributed by atoms with Crippen molar-refractivity contribution >= 4 is 29.0 Å². The molecule has 0 spiro atoms. The molecular weight excluding hydrogens is 549 g/mol. The molecule has 2 aliphatic rings. The molecule has 1 saturated carbocycles. The first kappa shape index (κ1) is 23.4. The predicted octanol–water partition coefficient (Wildman–Crippen LogP) is 4.90. The van der Waals surface area contributed by atoms with Crippen molar-refractivity contribution < 1.29 is 43.2 Å². The number of hydrogen-bond acceptors (Lipinski definition) is 6. The molecule has 1 aliphatic carbocycles. The van der Waals surface area contributed by atoms with Gasteiger partial charge in [0.1, 0.15) is 6.10 Å². The number of amides is 1. The number of benzene rings is 2. The van der Waals surface area contributed by atoms with Crippen molar-refractivity contribution in [1.82, 2.24) is 4.98 Å². The van der Waals surface area contributed by atoms with Gasteiger partial charge in [0, 0.05) is 40.5 Å². The third-order valence-corrected chi connectivity index (χ3v) is 7.15. The van der Waals surface area contributed by atoms with Crippen LogP contribution in [-0.4, -0.2) is 46.1 Å². The van der Waals surface area contributed by atoms with Gasteiger partial charge in [0.15, 0.2) is 0 Å². The second-order valence-corrected chi connectivity index (χ2v) is 10.2. The number of ketones is 1. The molecule has 0 bridgehead atoms. The Hall–Kier alpha value is -3.31. The van der Waals surface area contributed by atoms with Crippen molar-refractivity contribution in [3.63, 3.8) is 0 Å². The first-order valence-electron chi connectivity index (χ1n) is 14.3. The first-order chi connectivity index (χ1) is 20.4. The van der Waals surface area contributed by atoms with Crippen LogP contribution < -0.4 is 4.90 Å². The summed E-state index contributed by atoms with van der Waals surface area (Å²) in [5.41, 5.74) is -6.12. The van der Waals surface area contributed by atoms with Gasteiger partial charge in [-0.2, -0.15) is 13.2 Å². The zero-order chi connectivity index (χ0) is 32.5. The maximum Gasteiger partial charge on any atom is 0.416 e. The molecule has 0 saturated heterocycles. The molecule has 2 heterocycles. The second kappa shape index (κ2) is 10.3. The molecule has 1 amide bonds. The van der Waals surface area contributed by atoms with Crippen LogP contribution in [0.2, 0.25) is 5.02 Å². The van der Waals surface area contributed by atoms with Crippen molar-refractivity contribution in [2.24, 2.45) is 5.41 Å². The van der Waals surface area contributed by atoms with Gasteiger partial charge in [-0.05, 0) is 67.8 Å². The molecule has 40 heavy (non-hydrogen) atoms. The summed E-state index contributed by atoms with van der Waals surface area (Å²) in [6, 6.07) is 10.6. The number of pyridine rings is 1. The predicted molar refractivity (Wildman–Crippen MR) is 140 cm³/mol. The van der Waals surface area contributed by atoms with Crippen LogP contribution in [0.25, 0.3) is 0 Å². The van der Waals surface area contributed by atoms with Crippen molar-refractivity contribution in [3.05, 3.63) is 93.8 Å².